The molecule has 10 nitrogen and oxygen atoms in total. The van der Waals surface area contributed by atoms with E-state index in [2.05, 4.69) is 31.0 Å². The number of anilines is 2. The number of hydrogen-bond donors (Lipinski definition) is 3. The van der Waals surface area contributed by atoms with Gasteiger partial charge in [0.25, 0.3) is 0 Å². The van der Waals surface area contributed by atoms with Crippen LogP contribution in [-0.4, -0.2) is 53.1 Å². The number of carbonyl (C=O) groups is 1. The molecule has 29 heavy (non-hydrogen) atoms. The van der Waals surface area contributed by atoms with Gasteiger partial charge in [0.15, 0.2) is 5.82 Å². The van der Waals surface area contributed by atoms with Gasteiger partial charge in [-0.05, 0) is 25.1 Å². The summed E-state index contributed by atoms with van der Waals surface area (Å²) in [7, 11) is 3.10. The summed E-state index contributed by atoms with van der Waals surface area (Å²) in [6, 6.07) is 8.44. The first kappa shape index (κ1) is 19.9. The smallest absolute Gasteiger partial charge is 0.319 e. The summed E-state index contributed by atoms with van der Waals surface area (Å²) < 4.78 is 12.1. The highest BCUT2D eigenvalue weighted by Crippen LogP contribution is 2.28. The molecule has 0 aliphatic carbocycles. The predicted molar refractivity (Wildman–Crippen MR) is 109 cm³/mol. The average Bonchev–Trinajstić information content (AvgIpc) is 3.26. The summed E-state index contributed by atoms with van der Waals surface area (Å²) in [6.45, 7) is 2.69. The molecule has 0 spiro atoms. The fourth-order valence-electron chi connectivity index (χ4n) is 2.60. The van der Waals surface area contributed by atoms with Crippen LogP contribution in [0.5, 0.6) is 11.5 Å². The number of carbonyl (C=O) groups excluding carboxylic acids is 1. The van der Waals surface area contributed by atoms with Gasteiger partial charge in [-0.2, -0.15) is 5.10 Å². The van der Waals surface area contributed by atoms with Crippen molar-refractivity contribution in [2.45, 2.75) is 6.92 Å². The third-order valence-electron chi connectivity index (χ3n) is 3.94. The van der Waals surface area contributed by atoms with Crippen molar-refractivity contribution >= 4 is 17.5 Å². The molecule has 0 unspecified atom stereocenters. The van der Waals surface area contributed by atoms with Crippen LogP contribution in [0.1, 0.15) is 5.82 Å². The molecule has 2 aromatic heterocycles. The van der Waals surface area contributed by atoms with E-state index < -0.39 is 0 Å². The average molecular weight is 397 g/mol. The minimum absolute atomic E-state index is 0.341. The van der Waals surface area contributed by atoms with Gasteiger partial charge in [0.1, 0.15) is 23.1 Å². The maximum Gasteiger partial charge on any atom is 0.319 e. The Morgan fingerprint density at radius 1 is 1.14 bits per heavy atom. The lowest BCUT2D eigenvalue weighted by Crippen LogP contribution is -2.32. The molecule has 2 amide bonds. The molecule has 0 fully saturated rings. The summed E-state index contributed by atoms with van der Waals surface area (Å²) in [4.78, 5) is 20.8. The third-order valence-corrected chi connectivity index (χ3v) is 3.94. The highest BCUT2D eigenvalue weighted by atomic mass is 16.5. The topological polar surface area (TPSA) is 115 Å². The minimum Gasteiger partial charge on any atom is -0.497 e. The highest BCUT2D eigenvalue weighted by molar-refractivity contribution is 5.91. The van der Waals surface area contributed by atoms with Crippen molar-refractivity contribution < 1.29 is 14.3 Å². The second-order valence-corrected chi connectivity index (χ2v) is 5.98. The van der Waals surface area contributed by atoms with Crippen LogP contribution in [0.4, 0.5) is 16.3 Å². The van der Waals surface area contributed by atoms with E-state index in [9.17, 15) is 4.79 Å². The number of aromatic nitrogens is 4. The highest BCUT2D eigenvalue weighted by Gasteiger charge is 2.09. The predicted octanol–water partition coefficient (Wildman–Crippen LogP) is 2.22. The zero-order valence-corrected chi connectivity index (χ0v) is 16.5. The number of rotatable bonds is 8. The lowest BCUT2D eigenvalue weighted by molar-refractivity contribution is 0.252. The van der Waals surface area contributed by atoms with E-state index in [0.29, 0.717) is 47.7 Å². The number of methoxy groups -OCH3 is 2. The van der Waals surface area contributed by atoms with Crippen molar-refractivity contribution in [2.24, 2.45) is 0 Å². The first-order valence-corrected chi connectivity index (χ1v) is 8.95. The lowest BCUT2D eigenvalue weighted by atomic mass is 10.2. The maximum absolute atomic E-state index is 12.1. The number of nitrogens with zero attached hydrogens (tertiary/aromatic N) is 4. The van der Waals surface area contributed by atoms with Gasteiger partial charge in [-0.1, -0.05) is 0 Å². The number of amides is 2. The van der Waals surface area contributed by atoms with Gasteiger partial charge in [0, 0.05) is 37.6 Å². The van der Waals surface area contributed by atoms with Gasteiger partial charge >= 0.3 is 6.03 Å². The summed E-state index contributed by atoms with van der Waals surface area (Å²) >= 11 is 0. The Morgan fingerprint density at radius 3 is 2.72 bits per heavy atom. The second-order valence-electron chi connectivity index (χ2n) is 5.98. The van der Waals surface area contributed by atoms with E-state index >= 15 is 0 Å². The number of hydrogen-bond acceptors (Lipinski definition) is 7. The molecule has 1 aromatic carbocycles. The summed E-state index contributed by atoms with van der Waals surface area (Å²) in [5.41, 5.74) is 0.550. The Kier molecular flexibility index (Phi) is 6.46. The molecule has 0 atom stereocenters. The van der Waals surface area contributed by atoms with Gasteiger partial charge in [0.2, 0.25) is 0 Å². The van der Waals surface area contributed by atoms with E-state index in [1.165, 1.54) is 7.11 Å². The minimum atomic E-state index is -0.341. The maximum atomic E-state index is 12.1. The van der Waals surface area contributed by atoms with Crippen molar-refractivity contribution in [2.75, 3.05) is 37.9 Å². The van der Waals surface area contributed by atoms with Crippen molar-refractivity contribution in [1.82, 2.24) is 25.1 Å². The number of nitrogens with one attached hydrogen (secondary N) is 3. The SMILES string of the molecule is COc1ccc(NC(=O)NCCNc2cc(-n3cccn3)nc(C)n2)c(OC)c1. The van der Waals surface area contributed by atoms with E-state index in [4.69, 9.17) is 9.47 Å². The molecule has 0 aliphatic heterocycles. The van der Waals surface area contributed by atoms with Gasteiger partial charge in [-0.3, -0.25) is 0 Å². The first-order chi connectivity index (χ1) is 14.1. The lowest BCUT2D eigenvalue weighted by Gasteiger charge is -2.13. The van der Waals surface area contributed by atoms with Gasteiger partial charge in [-0.25, -0.2) is 19.4 Å². The Hall–Kier alpha value is -3.82. The van der Waals surface area contributed by atoms with Crippen molar-refractivity contribution in [3.8, 4) is 17.3 Å². The Morgan fingerprint density at radius 2 is 2.00 bits per heavy atom. The zero-order chi connectivity index (χ0) is 20.6. The number of benzene rings is 1. The van der Waals surface area contributed by atoms with Gasteiger partial charge < -0.3 is 25.4 Å². The van der Waals surface area contributed by atoms with Crippen LogP contribution < -0.4 is 25.4 Å². The largest absolute Gasteiger partial charge is 0.497 e. The summed E-state index contributed by atoms with van der Waals surface area (Å²) in [6.07, 6.45) is 3.50. The molecule has 0 bridgehead atoms. The number of aryl methyl sites for hydroxylation is 1. The fraction of sp³-hybridized carbons (Fsp3) is 0.263. The van der Waals surface area contributed by atoms with E-state index in [1.807, 2.05) is 19.2 Å². The molecular formula is C19H23N7O3. The van der Waals surface area contributed by atoms with Gasteiger partial charge in [0.05, 0.1) is 19.9 Å². The quantitative estimate of drug-likeness (QED) is 0.499. The molecule has 3 N–H and O–H groups in total. The monoisotopic (exact) mass is 397 g/mol. The molecule has 3 aromatic rings. The van der Waals surface area contributed by atoms with Crippen LogP contribution in [0.25, 0.3) is 5.82 Å². The molecule has 0 radical (unpaired) electrons. The van der Waals surface area contributed by atoms with Crippen LogP contribution in [0.3, 0.4) is 0 Å². The van der Waals surface area contributed by atoms with Crippen LogP contribution in [-0.2, 0) is 0 Å². The molecule has 0 saturated carbocycles. The van der Waals surface area contributed by atoms with Crippen LogP contribution in [0, 0.1) is 6.92 Å². The standard InChI is InChI=1S/C19H23N7O3/c1-13-23-17(12-18(24-13)26-10-4-7-22-26)20-8-9-21-19(27)25-15-6-5-14(28-2)11-16(15)29-3/h4-7,10-12H,8-9H2,1-3H3,(H,20,23,24)(H2,21,25,27). The van der Waals surface area contributed by atoms with E-state index in [0.717, 1.165) is 0 Å². The zero-order valence-electron chi connectivity index (χ0n) is 16.5. The molecule has 152 valence electrons. The van der Waals surface area contributed by atoms with Crippen LogP contribution >= 0.6 is 0 Å². The first-order valence-electron chi connectivity index (χ1n) is 8.95. The Balaban J connectivity index is 1.50. The Labute approximate surface area is 168 Å². The molecular weight excluding hydrogens is 374 g/mol. The molecule has 3 rings (SSSR count). The summed E-state index contributed by atoms with van der Waals surface area (Å²) in [5.74, 6) is 3.11. The van der Waals surface area contributed by atoms with Gasteiger partial charge in [-0.15, -0.1) is 0 Å². The number of ether oxygens (including phenoxy) is 2. The van der Waals surface area contributed by atoms with Crippen LogP contribution in [0.15, 0.2) is 42.7 Å². The summed E-state index contributed by atoms with van der Waals surface area (Å²) in [5, 5.41) is 12.9. The van der Waals surface area contributed by atoms with Crippen molar-refractivity contribution in [3.63, 3.8) is 0 Å². The van der Waals surface area contributed by atoms with Crippen molar-refractivity contribution in [1.29, 1.82) is 0 Å². The van der Waals surface area contributed by atoms with Crippen LogP contribution in [0.2, 0.25) is 0 Å². The molecule has 2 heterocycles. The van der Waals surface area contributed by atoms with Crippen molar-refractivity contribution in [3.05, 3.63) is 48.5 Å². The molecule has 0 saturated heterocycles. The van der Waals surface area contributed by atoms with E-state index in [1.54, 1.807) is 42.3 Å². The second kappa shape index (κ2) is 9.40. The Bertz CT molecular complexity index is 960. The third kappa shape index (κ3) is 5.34. The fourth-order valence-corrected chi connectivity index (χ4v) is 2.60. The number of urea groups is 1. The van der Waals surface area contributed by atoms with E-state index in [-0.39, 0.29) is 6.03 Å². The molecule has 10 heteroatoms. The molecule has 0 aliphatic rings. The normalized spacial score (nSPS) is 10.3.